The van der Waals surface area contributed by atoms with Gasteiger partial charge in [-0.2, -0.15) is 5.26 Å². The molecule has 0 heterocycles. The van der Waals surface area contributed by atoms with Gasteiger partial charge in [0.1, 0.15) is 5.75 Å². The summed E-state index contributed by atoms with van der Waals surface area (Å²) in [5, 5.41) is 11.6. The summed E-state index contributed by atoms with van der Waals surface area (Å²) in [4.78, 5) is 11.8. The highest BCUT2D eigenvalue weighted by atomic mass is 16.5. The summed E-state index contributed by atoms with van der Waals surface area (Å²) >= 11 is 0. The lowest BCUT2D eigenvalue weighted by atomic mass is 10.1. The van der Waals surface area contributed by atoms with Crippen LogP contribution in [0, 0.1) is 11.3 Å². The van der Waals surface area contributed by atoms with Crippen molar-refractivity contribution in [1.29, 1.82) is 5.26 Å². The Kier molecular flexibility index (Phi) is 6.67. The van der Waals surface area contributed by atoms with Crippen LogP contribution >= 0.6 is 0 Å². The lowest BCUT2D eigenvalue weighted by Gasteiger charge is -2.07. The third kappa shape index (κ3) is 6.23. The fourth-order valence-corrected chi connectivity index (χ4v) is 2.10. The average molecular weight is 308 g/mol. The maximum absolute atomic E-state index is 11.8. The van der Waals surface area contributed by atoms with Crippen molar-refractivity contribution in [2.45, 2.75) is 19.3 Å². The molecule has 0 fully saturated rings. The van der Waals surface area contributed by atoms with Crippen molar-refractivity contribution in [3.05, 3.63) is 65.7 Å². The molecule has 2 rings (SSSR count). The first-order valence-electron chi connectivity index (χ1n) is 7.71. The summed E-state index contributed by atoms with van der Waals surface area (Å²) in [6.45, 7) is 1.19. The number of nitrogens with one attached hydrogen (secondary N) is 1. The van der Waals surface area contributed by atoms with Crippen LogP contribution < -0.4 is 10.1 Å². The Hall–Kier alpha value is -2.80. The van der Waals surface area contributed by atoms with Gasteiger partial charge in [-0.1, -0.05) is 30.3 Å². The monoisotopic (exact) mass is 308 g/mol. The van der Waals surface area contributed by atoms with Crippen molar-refractivity contribution in [2.24, 2.45) is 0 Å². The first kappa shape index (κ1) is 16.6. The summed E-state index contributed by atoms with van der Waals surface area (Å²) in [5.74, 6) is 0.883. The summed E-state index contributed by atoms with van der Waals surface area (Å²) < 4.78 is 5.56. The molecule has 1 amide bonds. The molecule has 0 aliphatic rings. The Labute approximate surface area is 136 Å². The number of rotatable bonds is 8. The van der Waals surface area contributed by atoms with Crippen LogP contribution in [0.15, 0.2) is 54.6 Å². The van der Waals surface area contributed by atoms with Crippen molar-refractivity contribution in [3.8, 4) is 11.8 Å². The molecule has 118 valence electrons. The molecule has 0 aliphatic carbocycles. The highest BCUT2D eigenvalue weighted by molar-refractivity contribution is 5.76. The summed E-state index contributed by atoms with van der Waals surface area (Å²) in [5.41, 5.74) is 1.70. The molecule has 0 atom stereocenters. The van der Waals surface area contributed by atoms with Gasteiger partial charge in [0.25, 0.3) is 0 Å². The summed E-state index contributed by atoms with van der Waals surface area (Å²) in [7, 11) is 0. The lowest BCUT2D eigenvalue weighted by molar-refractivity contribution is -0.121. The number of para-hydroxylation sites is 1. The number of benzene rings is 2. The molecule has 1 N–H and O–H groups in total. The van der Waals surface area contributed by atoms with Crippen LogP contribution in [0.1, 0.15) is 24.0 Å². The van der Waals surface area contributed by atoms with Crippen LogP contribution in [-0.4, -0.2) is 19.1 Å². The quantitative estimate of drug-likeness (QED) is 0.762. The van der Waals surface area contributed by atoms with Crippen LogP contribution in [0.2, 0.25) is 0 Å². The van der Waals surface area contributed by atoms with Gasteiger partial charge in [-0.25, -0.2) is 0 Å². The minimum atomic E-state index is 0.0362. The van der Waals surface area contributed by atoms with E-state index in [2.05, 4.69) is 11.4 Å². The normalized spacial score (nSPS) is 9.87. The smallest absolute Gasteiger partial charge is 0.220 e. The average Bonchev–Trinajstić information content (AvgIpc) is 2.61. The van der Waals surface area contributed by atoms with Crippen molar-refractivity contribution in [1.82, 2.24) is 5.32 Å². The van der Waals surface area contributed by atoms with Gasteiger partial charge in [0.05, 0.1) is 18.2 Å². The SMILES string of the molecule is N#Cc1ccc(CCC(=O)NCCCOc2ccccc2)cc1. The Balaban J connectivity index is 1.57. The third-order valence-electron chi connectivity index (χ3n) is 3.38. The molecule has 0 spiro atoms. The molecule has 0 aromatic heterocycles. The molecule has 2 aromatic rings. The van der Waals surface area contributed by atoms with Gasteiger partial charge in [-0.15, -0.1) is 0 Å². The van der Waals surface area contributed by atoms with E-state index in [1.54, 1.807) is 12.1 Å². The van der Waals surface area contributed by atoms with E-state index in [1.165, 1.54) is 0 Å². The number of aryl methyl sites for hydroxylation is 1. The maximum atomic E-state index is 11.8. The zero-order valence-corrected chi connectivity index (χ0v) is 13.0. The van der Waals surface area contributed by atoms with E-state index in [0.29, 0.717) is 31.6 Å². The second kappa shape index (κ2) is 9.26. The Bertz CT molecular complexity index is 645. The highest BCUT2D eigenvalue weighted by Crippen LogP contribution is 2.08. The van der Waals surface area contributed by atoms with Crippen LogP contribution in [-0.2, 0) is 11.2 Å². The van der Waals surface area contributed by atoms with Crippen molar-refractivity contribution in [3.63, 3.8) is 0 Å². The van der Waals surface area contributed by atoms with Gasteiger partial charge in [0.2, 0.25) is 5.91 Å². The maximum Gasteiger partial charge on any atom is 0.220 e. The fourth-order valence-electron chi connectivity index (χ4n) is 2.10. The summed E-state index contributed by atoms with van der Waals surface area (Å²) in [6, 6.07) is 19.0. The van der Waals surface area contributed by atoms with E-state index in [4.69, 9.17) is 10.00 Å². The van der Waals surface area contributed by atoms with Gasteiger partial charge < -0.3 is 10.1 Å². The van der Waals surface area contributed by atoms with Crippen molar-refractivity contribution in [2.75, 3.05) is 13.2 Å². The third-order valence-corrected chi connectivity index (χ3v) is 3.38. The standard InChI is InChI=1S/C19H20N2O2/c20-15-17-9-7-16(8-10-17)11-12-19(22)21-13-4-14-23-18-5-2-1-3-6-18/h1-3,5-10H,4,11-14H2,(H,21,22). The van der Waals surface area contributed by atoms with E-state index < -0.39 is 0 Å². The predicted molar refractivity (Wildman–Crippen MR) is 89.0 cm³/mol. The molecular formula is C19H20N2O2. The molecule has 0 saturated heterocycles. The molecule has 0 unspecified atom stereocenters. The number of amides is 1. The number of hydrogen-bond donors (Lipinski definition) is 1. The highest BCUT2D eigenvalue weighted by Gasteiger charge is 2.02. The van der Waals surface area contributed by atoms with Gasteiger partial charge in [-0.3, -0.25) is 4.79 Å². The molecule has 23 heavy (non-hydrogen) atoms. The zero-order valence-electron chi connectivity index (χ0n) is 13.0. The van der Waals surface area contributed by atoms with E-state index >= 15 is 0 Å². The van der Waals surface area contributed by atoms with Crippen molar-refractivity contribution >= 4 is 5.91 Å². The molecule has 0 aliphatic heterocycles. The van der Waals surface area contributed by atoms with Gasteiger partial charge >= 0.3 is 0 Å². The predicted octanol–water partition coefficient (Wildman–Crippen LogP) is 3.08. The molecule has 0 bridgehead atoms. The van der Waals surface area contributed by atoms with Crippen LogP contribution in [0.4, 0.5) is 0 Å². The molecule has 2 aromatic carbocycles. The van der Waals surface area contributed by atoms with E-state index in [0.717, 1.165) is 17.7 Å². The molecule has 0 saturated carbocycles. The minimum Gasteiger partial charge on any atom is -0.494 e. The number of ether oxygens (including phenoxy) is 1. The second-order valence-electron chi connectivity index (χ2n) is 5.17. The van der Waals surface area contributed by atoms with Crippen LogP contribution in [0.5, 0.6) is 5.75 Å². The first-order chi connectivity index (χ1) is 11.3. The minimum absolute atomic E-state index is 0.0362. The molecule has 0 radical (unpaired) electrons. The number of hydrogen-bond acceptors (Lipinski definition) is 3. The number of nitriles is 1. The van der Waals surface area contributed by atoms with Crippen LogP contribution in [0.25, 0.3) is 0 Å². The van der Waals surface area contributed by atoms with E-state index in [1.807, 2.05) is 42.5 Å². The molecule has 4 nitrogen and oxygen atoms in total. The summed E-state index contributed by atoms with van der Waals surface area (Å²) in [6.07, 6.45) is 1.90. The Morgan fingerprint density at radius 1 is 1.09 bits per heavy atom. The topological polar surface area (TPSA) is 62.1 Å². The first-order valence-corrected chi connectivity index (χ1v) is 7.71. The second-order valence-corrected chi connectivity index (χ2v) is 5.17. The zero-order chi connectivity index (χ0) is 16.3. The van der Waals surface area contributed by atoms with Crippen molar-refractivity contribution < 1.29 is 9.53 Å². The number of carbonyl (C=O) groups is 1. The molecular weight excluding hydrogens is 288 g/mol. The Morgan fingerprint density at radius 2 is 1.83 bits per heavy atom. The lowest BCUT2D eigenvalue weighted by Crippen LogP contribution is -2.25. The van der Waals surface area contributed by atoms with Crippen LogP contribution in [0.3, 0.4) is 0 Å². The number of carbonyl (C=O) groups excluding carboxylic acids is 1. The van der Waals surface area contributed by atoms with Gasteiger partial charge in [0, 0.05) is 13.0 Å². The molecule has 4 heteroatoms. The van der Waals surface area contributed by atoms with Gasteiger partial charge in [0.15, 0.2) is 0 Å². The largest absolute Gasteiger partial charge is 0.494 e. The van der Waals surface area contributed by atoms with E-state index in [-0.39, 0.29) is 5.91 Å². The van der Waals surface area contributed by atoms with E-state index in [9.17, 15) is 4.79 Å². The fraction of sp³-hybridized carbons (Fsp3) is 0.263. The van der Waals surface area contributed by atoms with Gasteiger partial charge in [-0.05, 0) is 42.7 Å². The Morgan fingerprint density at radius 3 is 2.52 bits per heavy atom. The number of nitrogens with zero attached hydrogens (tertiary/aromatic N) is 1.